The molecule has 0 radical (unpaired) electrons. The highest BCUT2D eigenvalue weighted by molar-refractivity contribution is 9.12. The summed E-state index contributed by atoms with van der Waals surface area (Å²) in [7, 11) is 5.40. The normalized spacial score (nSPS) is 25.8. The first kappa shape index (κ1) is 24.8. The van der Waals surface area contributed by atoms with E-state index in [0.29, 0.717) is 5.71 Å². The van der Waals surface area contributed by atoms with Crippen molar-refractivity contribution in [2.45, 2.75) is 26.3 Å². The average Bonchev–Trinajstić information content (AvgIpc) is 2.79. The number of allylic oxidation sites excluding steroid dienone is 4. The lowest BCUT2D eigenvalue weighted by molar-refractivity contribution is -0.121. The van der Waals surface area contributed by atoms with E-state index in [4.69, 9.17) is 0 Å². The topological polar surface area (TPSA) is 63.5 Å². The molecule has 3 rings (SSSR count). The third kappa shape index (κ3) is 6.77. The fraction of sp³-hybridized carbons (Fsp3) is 0.435. The van der Waals surface area contributed by atoms with Crippen molar-refractivity contribution in [1.82, 2.24) is 20.2 Å². The second-order valence-corrected chi connectivity index (χ2v) is 8.24. The van der Waals surface area contributed by atoms with Gasteiger partial charge in [-0.1, -0.05) is 48.5 Å². The van der Waals surface area contributed by atoms with Gasteiger partial charge in [0.15, 0.2) is 0 Å². The van der Waals surface area contributed by atoms with Crippen LogP contribution in [0.1, 0.15) is 20.3 Å². The molecule has 1 N–H and O–H groups in total. The van der Waals surface area contributed by atoms with E-state index in [1.807, 2.05) is 38.1 Å². The summed E-state index contributed by atoms with van der Waals surface area (Å²) in [6.45, 7) is 10.7. The summed E-state index contributed by atoms with van der Waals surface area (Å²) in [5, 5.41) is 10.6. The van der Waals surface area contributed by atoms with Gasteiger partial charge >= 0.3 is 0 Å². The Morgan fingerprint density at radius 1 is 1.39 bits per heavy atom. The number of rotatable bonds is 4. The number of hydrogen-bond donors (Lipinski definition) is 1. The molecular weight excluding hydrogens is 456 g/mol. The largest absolute Gasteiger partial charge is 0.343 e. The van der Waals surface area contributed by atoms with Gasteiger partial charge in [0.25, 0.3) is 5.91 Å². The predicted molar refractivity (Wildman–Crippen MR) is 133 cm³/mol. The first-order valence-corrected chi connectivity index (χ1v) is 11.3. The zero-order valence-electron chi connectivity index (χ0n) is 19.1. The van der Waals surface area contributed by atoms with Crippen LogP contribution in [-0.4, -0.2) is 79.5 Å². The Morgan fingerprint density at radius 2 is 2.13 bits per heavy atom. The molecule has 168 valence electrons. The number of hydrogen-bond acceptors (Lipinski definition) is 6. The van der Waals surface area contributed by atoms with Crippen molar-refractivity contribution in [3.8, 4) is 0 Å². The van der Waals surface area contributed by atoms with Crippen molar-refractivity contribution in [2.24, 2.45) is 10.2 Å². The second-order valence-electron chi connectivity index (χ2n) is 7.39. The molecule has 1 amide bonds. The molecule has 1 atom stereocenters. The summed E-state index contributed by atoms with van der Waals surface area (Å²) in [6.07, 6.45) is 12.7. The minimum absolute atomic E-state index is 0.0459. The Morgan fingerprint density at radius 3 is 2.71 bits per heavy atom. The fourth-order valence-corrected chi connectivity index (χ4v) is 3.47. The lowest BCUT2D eigenvalue weighted by atomic mass is 9.98. The van der Waals surface area contributed by atoms with Gasteiger partial charge in [-0.2, -0.15) is 10.2 Å². The van der Waals surface area contributed by atoms with E-state index in [0.717, 1.165) is 41.8 Å². The number of halogens is 1. The predicted octanol–water partition coefficient (Wildman–Crippen LogP) is 3.27. The molecule has 8 heteroatoms. The van der Waals surface area contributed by atoms with Gasteiger partial charge in [0, 0.05) is 51.5 Å². The summed E-state index contributed by atoms with van der Waals surface area (Å²) < 4.78 is 0.940. The van der Waals surface area contributed by atoms with Crippen LogP contribution in [0.2, 0.25) is 0 Å². The van der Waals surface area contributed by atoms with Crippen LogP contribution in [0.4, 0.5) is 0 Å². The van der Waals surface area contributed by atoms with Crippen molar-refractivity contribution < 1.29 is 4.79 Å². The lowest BCUT2D eigenvalue weighted by Crippen LogP contribution is -2.39. The zero-order chi connectivity index (χ0) is 23.0. The first-order valence-electron chi connectivity index (χ1n) is 10.5. The number of hydrazone groups is 2. The van der Waals surface area contributed by atoms with Crippen LogP contribution in [-0.2, 0) is 4.79 Å². The van der Waals surface area contributed by atoms with E-state index in [1.165, 1.54) is 10.5 Å². The third-order valence-electron chi connectivity index (χ3n) is 5.03. The van der Waals surface area contributed by atoms with Crippen LogP contribution in [0.25, 0.3) is 0 Å². The molecule has 0 aliphatic carbocycles. The van der Waals surface area contributed by atoms with E-state index in [-0.39, 0.29) is 11.9 Å². The van der Waals surface area contributed by atoms with Crippen LogP contribution >= 0.6 is 15.9 Å². The van der Waals surface area contributed by atoms with Crippen molar-refractivity contribution in [3.05, 3.63) is 58.3 Å². The number of likely N-dealkylation sites (N-methyl/N-ethyl adjacent to an activating group) is 1. The summed E-state index contributed by atoms with van der Waals surface area (Å²) in [6, 6.07) is 0.0459. The summed E-state index contributed by atoms with van der Waals surface area (Å²) in [5.41, 5.74) is 6.87. The van der Waals surface area contributed by atoms with Gasteiger partial charge in [0.1, 0.15) is 5.71 Å². The summed E-state index contributed by atoms with van der Waals surface area (Å²) in [4.78, 5) is 15.9. The van der Waals surface area contributed by atoms with Crippen LogP contribution in [0.3, 0.4) is 0 Å². The van der Waals surface area contributed by atoms with Gasteiger partial charge in [-0.15, -0.1) is 0 Å². The number of amides is 1. The molecule has 3 heterocycles. The van der Waals surface area contributed by atoms with Crippen molar-refractivity contribution >= 4 is 33.8 Å². The van der Waals surface area contributed by atoms with Gasteiger partial charge in [-0.25, -0.2) is 0 Å². The van der Waals surface area contributed by atoms with E-state index in [9.17, 15) is 4.79 Å². The maximum Gasteiger partial charge on any atom is 0.273 e. The maximum absolute atomic E-state index is 12.0. The van der Waals surface area contributed by atoms with Crippen LogP contribution in [0.15, 0.2) is 68.5 Å². The van der Waals surface area contributed by atoms with Crippen LogP contribution in [0.5, 0.6) is 0 Å². The Kier molecular flexibility index (Phi) is 9.45. The van der Waals surface area contributed by atoms with Crippen molar-refractivity contribution in [2.75, 3.05) is 40.8 Å². The molecule has 0 fully saturated rings. The highest BCUT2D eigenvalue weighted by atomic mass is 79.9. The number of nitrogens with zero attached hydrogens (tertiary/aromatic N) is 5. The molecular formula is C23H33BrN6O. The number of nitrogens with one attached hydrogen (secondary N) is 1. The number of carbonyl (C=O) groups excluding carboxylic acids is 1. The molecule has 0 spiro atoms. The van der Waals surface area contributed by atoms with Gasteiger partial charge in [0.2, 0.25) is 0 Å². The van der Waals surface area contributed by atoms with Gasteiger partial charge < -0.3 is 4.90 Å². The average molecular weight is 489 g/mol. The van der Waals surface area contributed by atoms with Gasteiger partial charge in [-0.05, 0) is 35.8 Å². The third-order valence-corrected chi connectivity index (χ3v) is 5.81. The SMILES string of the molecule is C=C1/C=C(/CN2CC=C(C3C=CC(C(=O)N(C)C)=NN3)CC2)N(C)/N=C\C=C/1Br.CC. The molecule has 0 aromatic rings. The van der Waals surface area contributed by atoms with Crippen molar-refractivity contribution in [1.29, 1.82) is 0 Å². The Bertz CT molecular complexity index is 865. The fourth-order valence-electron chi connectivity index (χ4n) is 3.23. The molecule has 7 nitrogen and oxygen atoms in total. The van der Waals surface area contributed by atoms with E-state index in [1.54, 1.807) is 26.4 Å². The standard InChI is InChI=1S/C21H27BrN6O.C2H6/c1-15-13-17(27(4)23-10-7-18(15)22)14-28-11-8-16(9-12-28)19-5-6-20(25-24-19)21(29)26(2)3;1-2/h5-8,10,13,19,24H,1,9,11-12,14H2,2-4H3;1-2H3/b17-13-,18-7+,23-10-;. The summed E-state index contributed by atoms with van der Waals surface area (Å²) in [5.74, 6) is -0.0988. The molecule has 1 unspecified atom stereocenters. The Balaban J connectivity index is 0.00000166. The second kappa shape index (κ2) is 11.8. The monoisotopic (exact) mass is 488 g/mol. The molecule has 0 aromatic carbocycles. The van der Waals surface area contributed by atoms with E-state index in [2.05, 4.69) is 55.2 Å². The van der Waals surface area contributed by atoms with Gasteiger partial charge in [-0.3, -0.25) is 20.1 Å². The maximum atomic E-state index is 12.0. The van der Waals surface area contributed by atoms with Crippen LogP contribution in [0, 0.1) is 0 Å². The smallest absolute Gasteiger partial charge is 0.273 e. The van der Waals surface area contributed by atoms with Crippen molar-refractivity contribution in [3.63, 3.8) is 0 Å². The minimum Gasteiger partial charge on any atom is -0.343 e. The number of carbonyl (C=O) groups is 1. The molecule has 0 saturated carbocycles. The first-order chi connectivity index (χ1) is 14.8. The molecule has 31 heavy (non-hydrogen) atoms. The van der Waals surface area contributed by atoms with Gasteiger partial charge in [0.05, 0.1) is 11.7 Å². The van der Waals surface area contributed by atoms with Crippen LogP contribution < -0.4 is 5.43 Å². The highest BCUT2D eigenvalue weighted by Crippen LogP contribution is 2.23. The molecule has 0 saturated heterocycles. The quantitative estimate of drug-likeness (QED) is 0.616. The Hall–Kier alpha value is -2.45. The Labute approximate surface area is 194 Å². The van der Waals surface area contributed by atoms with E-state index < -0.39 is 0 Å². The molecule has 3 aliphatic rings. The lowest BCUT2D eigenvalue weighted by Gasteiger charge is -2.31. The highest BCUT2D eigenvalue weighted by Gasteiger charge is 2.22. The molecule has 0 aromatic heterocycles. The minimum atomic E-state index is -0.0988. The zero-order valence-corrected chi connectivity index (χ0v) is 20.7. The summed E-state index contributed by atoms with van der Waals surface area (Å²) >= 11 is 3.52. The molecule has 3 aliphatic heterocycles. The van der Waals surface area contributed by atoms with E-state index >= 15 is 0 Å². The molecule has 0 bridgehead atoms.